The second-order valence-corrected chi connectivity index (χ2v) is 31.1. The third-order valence-electron chi connectivity index (χ3n) is 21.5. The first-order valence-corrected chi connectivity index (χ1v) is 44.7. The minimum absolute atomic E-state index is 0.328. The molecule has 0 radical (unpaired) electrons. The summed E-state index contributed by atoms with van der Waals surface area (Å²) >= 11 is 0. The van der Waals surface area contributed by atoms with Crippen LogP contribution in [0.15, 0.2) is 91.0 Å². The highest BCUT2D eigenvalue weighted by atomic mass is 16.5. The molecule has 6 rings (SSSR count). The molecule has 6 aromatic rings. The number of carbonyl (C=O) groups is 2. The second kappa shape index (κ2) is 59.5. The average molecular weight is 1470 g/mol. The normalized spacial score (nSPS) is 11.4. The molecule has 11 heteroatoms. The van der Waals surface area contributed by atoms with E-state index in [0.717, 1.165) is 96.9 Å². The first-order valence-electron chi connectivity index (χ1n) is 44.7. The lowest BCUT2D eigenvalue weighted by Crippen LogP contribution is -2.41. The van der Waals surface area contributed by atoms with Gasteiger partial charge < -0.3 is 23.7 Å². The zero-order valence-electron chi connectivity index (χ0n) is 68.6. The summed E-state index contributed by atoms with van der Waals surface area (Å²) in [5, 5.41) is 1.89. The average Bonchev–Trinajstić information content (AvgIpc) is 0.768. The summed E-state index contributed by atoms with van der Waals surface area (Å²) in [6.07, 6.45) is 68.8. The summed E-state index contributed by atoms with van der Waals surface area (Å²) < 4.78 is 33.0. The molecule has 596 valence electrons. The predicted octanol–water partition coefficient (Wildman–Crippen LogP) is 29.3. The van der Waals surface area contributed by atoms with E-state index in [2.05, 4.69) is 69.7 Å². The quantitative estimate of drug-likeness (QED) is 0.0283. The molecule has 0 saturated carbocycles. The molecule has 0 unspecified atom stereocenters. The Balaban J connectivity index is 1.19. The molecule has 0 spiro atoms. The van der Waals surface area contributed by atoms with Crippen LogP contribution < -0.4 is 34.5 Å². The molecule has 0 atom stereocenters. The lowest BCUT2D eigenvalue weighted by molar-refractivity contribution is 0.0847. The van der Waals surface area contributed by atoms with Crippen LogP contribution in [0.3, 0.4) is 0 Å². The van der Waals surface area contributed by atoms with Crippen molar-refractivity contribution in [2.45, 2.75) is 381 Å². The fraction of sp³-hybridized carbons (Fsp3) is 0.667. The van der Waals surface area contributed by atoms with Crippen molar-refractivity contribution in [3.63, 3.8) is 0 Å². The fourth-order valence-corrected chi connectivity index (χ4v) is 14.7. The van der Waals surface area contributed by atoms with Crippen molar-refractivity contribution in [3.8, 4) is 51.3 Å². The lowest BCUT2D eigenvalue weighted by Gasteiger charge is -2.17. The molecule has 5 aromatic carbocycles. The summed E-state index contributed by atoms with van der Waals surface area (Å²) in [5.74, 6) is 2.80. The van der Waals surface area contributed by atoms with Gasteiger partial charge in [-0.2, -0.15) is 0 Å². The number of unbranched alkanes of at least 4 members (excludes halogenated alkanes) is 49. The van der Waals surface area contributed by atoms with Crippen LogP contribution >= 0.6 is 0 Å². The minimum Gasteiger partial charge on any atom is -0.494 e. The molecule has 0 aliphatic heterocycles. The van der Waals surface area contributed by atoms with E-state index in [-0.39, 0.29) is 0 Å². The van der Waals surface area contributed by atoms with Crippen molar-refractivity contribution in [1.29, 1.82) is 0 Å². The van der Waals surface area contributed by atoms with Crippen LogP contribution in [0.25, 0.3) is 44.3 Å². The van der Waals surface area contributed by atoms with Crippen molar-refractivity contribution in [1.82, 2.24) is 20.8 Å². The first kappa shape index (κ1) is 89.5. The van der Waals surface area contributed by atoms with Crippen molar-refractivity contribution in [2.75, 3.05) is 33.0 Å². The second-order valence-electron chi connectivity index (χ2n) is 31.1. The molecule has 0 aliphatic carbocycles. The van der Waals surface area contributed by atoms with Gasteiger partial charge in [0.05, 0.1) is 55.5 Å². The topological polar surface area (TPSA) is 130 Å². The molecule has 0 fully saturated rings. The van der Waals surface area contributed by atoms with E-state index in [4.69, 9.17) is 33.7 Å². The summed E-state index contributed by atoms with van der Waals surface area (Å²) in [7, 11) is 0. The minimum atomic E-state index is -0.474. The number of nitrogens with one attached hydrogen (secondary N) is 2. The van der Waals surface area contributed by atoms with Gasteiger partial charge in [-0.1, -0.05) is 361 Å². The van der Waals surface area contributed by atoms with E-state index >= 15 is 0 Å². The molecule has 2 amide bonds. The van der Waals surface area contributed by atoms with Crippen LogP contribution in [-0.2, 0) is 0 Å². The van der Waals surface area contributed by atoms with E-state index in [1.807, 2.05) is 48.5 Å². The molecular formula is C96H150N4O7. The summed E-state index contributed by atoms with van der Waals surface area (Å²) in [6, 6.07) is 29.3. The number of hydrogen-bond acceptors (Lipinski definition) is 9. The van der Waals surface area contributed by atoms with Crippen LogP contribution in [0.2, 0.25) is 0 Å². The van der Waals surface area contributed by atoms with Crippen LogP contribution in [0, 0.1) is 0 Å². The largest absolute Gasteiger partial charge is 0.494 e. The Kier molecular flexibility index (Phi) is 49.8. The highest BCUT2D eigenvalue weighted by molar-refractivity contribution is 6.02. The Bertz CT molecular complexity index is 3260. The number of nitrogens with zero attached hydrogens (tertiary/aromatic N) is 2. The van der Waals surface area contributed by atoms with Gasteiger partial charge in [0.1, 0.15) is 5.75 Å². The lowest BCUT2D eigenvalue weighted by atomic mass is 10.0. The molecule has 1 heterocycles. The van der Waals surface area contributed by atoms with Crippen LogP contribution in [0.1, 0.15) is 402 Å². The third-order valence-corrected chi connectivity index (χ3v) is 21.5. The molecule has 1 aromatic heterocycles. The number of amides is 2. The van der Waals surface area contributed by atoms with Crippen LogP contribution in [0.4, 0.5) is 0 Å². The molecular weight excluding hydrogens is 1320 g/mol. The van der Waals surface area contributed by atoms with E-state index in [1.165, 1.54) is 289 Å². The fourth-order valence-electron chi connectivity index (χ4n) is 14.7. The maximum Gasteiger partial charge on any atom is 0.269 e. The van der Waals surface area contributed by atoms with Crippen molar-refractivity contribution >= 4 is 33.6 Å². The predicted molar refractivity (Wildman–Crippen MR) is 454 cm³/mol. The number of carbonyl (C=O) groups excluding carboxylic acids is 2. The van der Waals surface area contributed by atoms with Crippen LogP contribution in [0.5, 0.6) is 28.7 Å². The highest BCUT2D eigenvalue weighted by Crippen LogP contribution is 2.40. The Morgan fingerprint density at radius 2 is 0.523 bits per heavy atom. The van der Waals surface area contributed by atoms with Crippen molar-refractivity contribution in [3.05, 3.63) is 102 Å². The van der Waals surface area contributed by atoms with Crippen LogP contribution in [-0.4, -0.2) is 54.8 Å². The number of ether oxygens (including phenoxy) is 5. The van der Waals surface area contributed by atoms with E-state index < -0.39 is 11.8 Å². The Morgan fingerprint density at radius 3 is 0.869 bits per heavy atom. The Morgan fingerprint density at radius 1 is 0.252 bits per heavy atom. The number of benzene rings is 5. The molecule has 0 aliphatic rings. The molecule has 0 bridgehead atoms. The van der Waals surface area contributed by atoms with Gasteiger partial charge in [0, 0.05) is 22.3 Å². The first-order chi connectivity index (χ1) is 52.8. The van der Waals surface area contributed by atoms with Gasteiger partial charge in [0.25, 0.3) is 11.8 Å². The summed E-state index contributed by atoms with van der Waals surface area (Å²) in [4.78, 5) is 38.8. The van der Waals surface area contributed by atoms with Gasteiger partial charge >= 0.3 is 0 Å². The smallest absolute Gasteiger partial charge is 0.269 e. The Labute approximate surface area is 651 Å². The number of hydrogen-bond donors (Lipinski definition) is 2. The summed E-state index contributed by atoms with van der Waals surface area (Å²) in [6.45, 7) is 14.5. The van der Waals surface area contributed by atoms with E-state index in [9.17, 15) is 9.59 Å². The number of fused-ring (bicyclic) bond motifs is 2. The number of aromatic nitrogens is 2. The SMILES string of the molecule is CCCCCCCCCCCCCCCCOc1ccc2cc(C(=O)NNC(=O)c3ccc4nc(-c5ccc(OCCCCCCCCCCCC)c(OCCCCCCCCCCCC)c5)c(-c5ccc(OCCCCCCCCCCCC)c(OCCCCCCCCCCCC)c5)nc4c3)ccc2c1. The van der Waals surface area contributed by atoms with Gasteiger partial charge in [-0.15, -0.1) is 0 Å². The van der Waals surface area contributed by atoms with Gasteiger partial charge in [-0.05, 0) is 122 Å². The monoisotopic (exact) mass is 1470 g/mol. The maximum atomic E-state index is 14.2. The van der Waals surface area contributed by atoms with Crippen molar-refractivity contribution < 1.29 is 33.3 Å². The number of hydrazine groups is 1. The molecule has 2 N–H and O–H groups in total. The van der Waals surface area contributed by atoms with Crippen molar-refractivity contribution in [2.24, 2.45) is 0 Å². The highest BCUT2D eigenvalue weighted by Gasteiger charge is 2.21. The molecule has 11 nitrogen and oxygen atoms in total. The van der Waals surface area contributed by atoms with Gasteiger partial charge in [-0.25, -0.2) is 9.97 Å². The van der Waals surface area contributed by atoms with Gasteiger partial charge in [0.2, 0.25) is 0 Å². The van der Waals surface area contributed by atoms with E-state index in [1.54, 1.807) is 18.2 Å². The van der Waals surface area contributed by atoms with Gasteiger partial charge in [-0.3, -0.25) is 20.4 Å². The summed E-state index contributed by atoms with van der Waals surface area (Å²) in [5.41, 5.74) is 10.2. The Hall–Kier alpha value is -6.36. The number of rotatable bonds is 68. The standard InChI is InChI=1S/C96H150N4O7/c1-6-11-16-21-26-31-36-37-38-39-44-45-50-55-70-103-86-66-62-80-75-84(61-60-81(80)76-86)95(101)99-100-96(102)85-63-67-87-88(77-85)98-94(83-65-69-90(105-72-57-52-47-41-33-28-23-18-13-8-3)92(79-83)107-74-59-54-49-43-35-30-25-20-15-10-5)93(97-87)82-64-68-89(104-71-56-51-46-40-32-27-22-17-12-7-2)91(78-82)106-73-58-53-48-42-34-29-24-19-14-9-4/h60-69,75-79H,6-59,70-74H2,1-5H3,(H,99,101)(H,100,102). The molecule has 107 heavy (non-hydrogen) atoms. The maximum absolute atomic E-state index is 14.2. The zero-order chi connectivity index (χ0) is 75.5. The molecule has 0 saturated heterocycles. The third kappa shape index (κ3) is 38.7. The zero-order valence-corrected chi connectivity index (χ0v) is 68.6. The van der Waals surface area contributed by atoms with Gasteiger partial charge in [0.15, 0.2) is 23.0 Å². The van der Waals surface area contributed by atoms with E-state index in [0.29, 0.717) is 78.1 Å².